The molecule has 10 nitrogen and oxygen atoms in total. The number of quaternary nitrogens is 2. The normalized spacial score (nSPS) is 10.9. The highest BCUT2D eigenvalue weighted by molar-refractivity contribution is 5.84. The zero-order valence-electron chi connectivity index (χ0n) is 15.0. The van der Waals surface area contributed by atoms with Gasteiger partial charge in [0.1, 0.15) is 13.1 Å². The topological polar surface area (TPSA) is 159 Å². The van der Waals surface area contributed by atoms with Gasteiger partial charge in [0.25, 0.3) is 0 Å². The second-order valence-corrected chi connectivity index (χ2v) is 5.51. The van der Waals surface area contributed by atoms with Crippen LogP contribution in [0.2, 0.25) is 0 Å². The van der Waals surface area contributed by atoms with Crippen molar-refractivity contribution in [3.63, 3.8) is 0 Å². The third-order valence-corrected chi connectivity index (χ3v) is 2.26. The Morgan fingerprint density at radius 3 is 1.46 bits per heavy atom. The molecule has 0 aromatic heterocycles. The van der Waals surface area contributed by atoms with Crippen LogP contribution < -0.4 is 25.3 Å². The van der Waals surface area contributed by atoms with Crippen molar-refractivity contribution in [2.75, 3.05) is 54.5 Å². The molecule has 0 bridgehead atoms. The largest absolute Gasteiger partial charge is 0.550 e. The Labute approximate surface area is 142 Å². The number of amides is 1. The second-order valence-electron chi connectivity index (χ2n) is 5.51. The van der Waals surface area contributed by atoms with E-state index in [0.29, 0.717) is 13.2 Å². The van der Waals surface area contributed by atoms with Crippen molar-refractivity contribution in [3.05, 3.63) is 0 Å². The minimum Gasteiger partial charge on any atom is -0.550 e. The SMILES string of the molecule is CC(=O)NC(CC(=O)[O-])C(=O)[O-].C[NH+](C)CCO.C[NH+](C)CCO. The minimum atomic E-state index is -1.64. The maximum Gasteiger partial charge on any atom is 0.217 e. The Hall–Kier alpha value is -1.75. The molecule has 0 rings (SSSR count). The lowest BCUT2D eigenvalue weighted by atomic mass is 10.2. The number of hydrogen-bond acceptors (Lipinski definition) is 7. The number of nitrogens with one attached hydrogen (secondary N) is 3. The summed E-state index contributed by atoms with van der Waals surface area (Å²) in [6.07, 6.45) is -0.790. The second kappa shape index (κ2) is 17.6. The number of carboxylic acid groups (broad SMARTS) is 2. The third kappa shape index (κ3) is 28.4. The summed E-state index contributed by atoms with van der Waals surface area (Å²) in [5.74, 6) is -3.84. The quantitative estimate of drug-likeness (QED) is 0.290. The summed E-state index contributed by atoms with van der Waals surface area (Å²) < 4.78 is 0. The molecular weight excluding hydrogens is 322 g/mol. The summed E-state index contributed by atoms with van der Waals surface area (Å²) in [7, 11) is 8.04. The van der Waals surface area contributed by atoms with Gasteiger partial charge in [-0.3, -0.25) is 4.79 Å². The molecule has 10 heteroatoms. The number of rotatable bonds is 8. The van der Waals surface area contributed by atoms with Crippen molar-refractivity contribution in [2.24, 2.45) is 0 Å². The van der Waals surface area contributed by atoms with Gasteiger partial charge < -0.3 is 45.1 Å². The van der Waals surface area contributed by atoms with Crippen LogP contribution in [-0.2, 0) is 14.4 Å². The third-order valence-electron chi connectivity index (χ3n) is 2.26. The van der Waals surface area contributed by atoms with Gasteiger partial charge in [-0.1, -0.05) is 0 Å². The number of aliphatic hydroxyl groups excluding tert-OH is 2. The smallest absolute Gasteiger partial charge is 0.217 e. The highest BCUT2D eigenvalue weighted by Crippen LogP contribution is 1.88. The van der Waals surface area contributed by atoms with E-state index < -0.39 is 30.3 Å². The summed E-state index contributed by atoms with van der Waals surface area (Å²) in [6, 6.07) is -1.52. The van der Waals surface area contributed by atoms with Crippen LogP contribution in [0.5, 0.6) is 0 Å². The number of aliphatic carboxylic acids is 2. The Balaban J connectivity index is -0.000000309. The highest BCUT2D eigenvalue weighted by Gasteiger charge is 2.10. The van der Waals surface area contributed by atoms with Gasteiger partial charge in [0, 0.05) is 19.3 Å². The Kier molecular flexibility index (Phi) is 19.9. The lowest BCUT2D eigenvalue weighted by Gasteiger charge is -2.18. The van der Waals surface area contributed by atoms with Crippen LogP contribution >= 0.6 is 0 Å². The molecule has 0 fully saturated rings. The number of hydrogen-bond donors (Lipinski definition) is 5. The average Bonchev–Trinajstić information content (AvgIpc) is 2.37. The molecular formula is C14H31N3O7. The first kappa shape index (κ1) is 27.1. The molecule has 1 unspecified atom stereocenters. The molecule has 1 amide bonds. The molecule has 5 N–H and O–H groups in total. The Morgan fingerprint density at radius 1 is 0.958 bits per heavy atom. The molecule has 0 saturated heterocycles. The summed E-state index contributed by atoms with van der Waals surface area (Å²) in [5.41, 5.74) is 0. The van der Waals surface area contributed by atoms with Crippen LogP contribution in [0.15, 0.2) is 0 Å². The fraction of sp³-hybridized carbons (Fsp3) is 0.786. The molecule has 0 saturated carbocycles. The number of carbonyl (C=O) groups is 3. The first-order valence-corrected chi connectivity index (χ1v) is 7.45. The molecule has 0 aliphatic heterocycles. The van der Waals surface area contributed by atoms with Crippen LogP contribution in [0.3, 0.4) is 0 Å². The van der Waals surface area contributed by atoms with Crippen molar-refractivity contribution < 1.29 is 44.6 Å². The summed E-state index contributed by atoms with van der Waals surface area (Å²) in [5, 5.41) is 38.4. The molecule has 0 aliphatic rings. The van der Waals surface area contributed by atoms with Crippen LogP contribution in [0.1, 0.15) is 13.3 Å². The van der Waals surface area contributed by atoms with E-state index in [1.807, 2.05) is 33.5 Å². The van der Waals surface area contributed by atoms with Gasteiger partial charge in [0.2, 0.25) is 5.91 Å². The predicted octanol–water partition coefficient (Wildman–Crippen LogP) is -7.37. The number of likely N-dealkylation sites (N-methyl/N-ethyl adjacent to an activating group) is 2. The predicted molar refractivity (Wildman–Crippen MR) is 81.8 cm³/mol. The molecule has 0 heterocycles. The maximum absolute atomic E-state index is 10.3. The lowest BCUT2D eigenvalue weighted by molar-refractivity contribution is -0.858. The van der Waals surface area contributed by atoms with Crippen LogP contribution in [0, 0.1) is 0 Å². The van der Waals surface area contributed by atoms with Gasteiger partial charge >= 0.3 is 0 Å². The van der Waals surface area contributed by atoms with Gasteiger partial charge in [0.15, 0.2) is 0 Å². The highest BCUT2D eigenvalue weighted by atomic mass is 16.4. The molecule has 0 aromatic carbocycles. The molecule has 24 heavy (non-hydrogen) atoms. The first-order chi connectivity index (χ1) is 11.0. The zero-order valence-corrected chi connectivity index (χ0v) is 15.0. The van der Waals surface area contributed by atoms with Gasteiger partial charge in [-0.15, -0.1) is 0 Å². The lowest BCUT2D eigenvalue weighted by Crippen LogP contribution is -3.06. The van der Waals surface area contributed by atoms with Crippen molar-refractivity contribution in [3.8, 4) is 0 Å². The standard InChI is InChI=1S/C6H9NO5.2C4H11NO/c1-3(8)7-4(6(11)12)2-5(9)10;2*1-5(2)3-4-6/h4H,2H2,1H3,(H,7,8)(H,9,10)(H,11,12);2*6H,3-4H2,1-2H3. The van der Waals surface area contributed by atoms with E-state index in [1.54, 1.807) is 0 Å². The minimum absolute atomic E-state index is 0.294. The van der Waals surface area contributed by atoms with Crippen molar-refractivity contribution in [1.29, 1.82) is 0 Å². The molecule has 144 valence electrons. The molecule has 0 aromatic rings. The summed E-state index contributed by atoms with van der Waals surface area (Å²) >= 11 is 0. The van der Waals surface area contributed by atoms with Crippen LogP contribution in [0.25, 0.3) is 0 Å². The number of carbonyl (C=O) groups excluding carboxylic acids is 3. The van der Waals surface area contributed by atoms with E-state index >= 15 is 0 Å². The summed E-state index contributed by atoms with van der Waals surface area (Å²) in [6.45, 7) is 3.36. The van der Waals surface area contributed by atoms with E-state index in [1.165, 1.54) is 9.80 Å². The Bertz CT molecular complexity index is 323. The maximum atomic E-state index is 10.3. The van der Waals surface area contributed by atoms with E-state index in [9.17, 15) is 24.6 Å². The summed E-state index contributed by atoms with van der Waals surface area (Å²) in [4.78, 5) is 33.0. The zero-order chi connectivity index (χ0) is 19.7. The average molecular weight is 353 g/mol. The monoisotopic (exact) mass is 353 g/mol. The van der Waals surface area contributed by atoms with E-state index in [-0.39, 0.29) is 0 Å². The van der Waals surface area contributed by atoms with Crippen molar-refractivity contribution >= 4 is 17.8 Å². The fourth-order valence-electron chi connectivity index (χ4n) is 1.05. The van der Waals surface area contributed by atoms with Gasteiger partial charge in [-0.25, -0.2) is 0 Å². The van der Waals surface area contributed by atoms with E-state index in [2.05, 4.69) is 0 Å². The number of aliphatic hydroxyl groups is 2. The molecule has 0 aliphatic carbocycles. The Morgan fingerprint density at radius 2 is 1.33 bits per heavy atom. The van der Waals surface area contributed by atoms with Gasteiger partial charge in [-0.2, -0.15) is 0 Å². The molecule has 0 spiro atoms. The first-order valence-electron chi connectivity index (χ1n) is 7.45. The molecule has 1 atom stereocenters. The van der Waals surface area contributed by atoms with E-state index in [0.717, 1.165) is 20.0 Å². The van der Waals surface area contributed by atoms with Crippen molar-refractivity contribution in [2.45, 2.75) is 19.4 Å². The fourth-order valence-corrected chi connectivity index (χ4v) is 1.05. The van der Waals surface area contributed by atoms with Gasteiger partial charge in [-0.05, 0) is 0 Å². The van der Waals surface area contributed by atoms with Crippen LogP contribution in [-0.4, -0.2) is 88.6 Å². The molecule has 0 radical (unpaired) electrons. The number of carboxylic acids is 2. The van der Waals surface area contributed by atoms with Crippen molar-refractivity contribution in [1.82, 2.24) is 5.32 Å². The van der Waals surface area contributed by atoms with Gasteiger partial charge in [0.05, 0.1) is 53.4 Å². The van der Waals surface area contributed by atoms with Crippen LogP contribution in [0.4, 0.5) is 0 Å². The van der Waals surface area contributed by atoms with E-state index in [4.69, 9.17) is 10.2 Å².